The van der Waals surface area contributed by atoms with E-state index in [0.717, 1.165) is 49.5 Å². The number of carbonyl (C=O) groups excluding carboxylic acids is 1. The molecule has 37 heavy (non-hydrogen) atoms. The molecular formula is C27H32N6O3S. The van der Waals surface area contributed by atoms with Crippen LogP contribution in [0.4, 0.5) is 16.4 Å². The lowest BCUT2D eigenvalue weighted by Crippen LogP contribution is -2.37. The number of likely N-dealkylation sites (tertiary alicyclic amines) is 1. The van der Waals surface area contributed by atoms with Crippen LogP contribution in [0.3, 0.4) is 0 Å². The molecule has 4 aromatic rings. The van der Waals surface area contributed by atoms with E-state index in [2.05, 4.69) is 27.2 Å². The van der Waals surface area contributed by atoms with Gasteiger partial charge in [0.25, 0.3) is 0 Å². The molecule has 1 fully saturated rings. The smallest absolute Gasteiger partial charge is 0.435 e. The van der Waals surface area contributed by atoms with Crippen molar-refractivity contribution in [2.75, 3.05) is 25.0 Å². The van der Waals surface area contributed by atoms with E-state index in [4.69, 9.17) is 15.8 Å². The molecule has 0 radical (unpaired) electrons. The summed E-state index contributed by atoms with van der Waals surface area (Å²) >= 11 is 1.38. The lowest BCUT2D eigenvalue weighted by atomic mass is 10.1. The number of piperidine rings is 1. The second kappa shape index (κ2) is 10.5. The standard InChI is InChI=1S/C27H32N6O3S/c1-5-32-12-10-21(11-13-32)35-20-8-6-19(7-9-20)30-25-28-15-23-24(31-25)22(17-37-23)18-14-29-33(16-18)26(34)36-27(2,3)4/h6-9,14-17,21H,5,10-13H2,1-4H3,(H,28,30,31)/i15D. The van der Waals surface area contributed by atoms with Gasteiger partial charge in [0, 0.05) is 41.5 Å². The highest BCUT2D eigenvalue weighted by Gasteiger charge is 2.21. The number of rotatable bonds is 6. The molecule has 0 aliphatic carbocycles. The maximum absolute atomic E-state index is 12.4. The van der Waals surface area contributed by atoms with Crippen molar-refractivity contribution >= 4 is 39.3 Å². The molecule has 0 spiro atoms. The van der Waals surface area contributed by atoms with Gasteiger partial charge in [-0.2, -0.15) is 9.78 Å². The Kier molecular flexibility index (Phi) is 6.75. The van der Waals surface area contributed by atoms with Crippen molar-refractivity contribution < 1.29 is 15.6 Å². The molecule has 0 amide bonds. The number of nitrogens with one attached hydrogen (secondary N) is 1. The predicted molar refractivity (Wildman–Crippen MR) is 146 cm³/mol. The van der Waals surface area contributed by atoms with Gasteiger partial charge in [0.05, 0.1) is 24.0 Å². The number of hydrogen-bond acceptors (Lipinski definition) is 9. The van der Waals surface area contributed by atoms with E-state index in [1.54, 1.807) is 33.2 Å². The zero-order valence-electron chi connectivity index (χ0n) is 22.5. The molecule has 1 N–H and O–H groups in total. The molecule has 3 aromatic heterocycles. The van der Waals surface area contributed by atoms with Crippen molar-refractivity contribution in [2.24, 2.45) is 0 Å². The lowest BCUT2D eigenvalue weighted by molar-refractivity contribution is 0.0514. The molecule has 0 unspecified atom stereocenters. The van der Waals surface area contributed by atoms with Gasteiger partial charge in [-0.15, -0.1) is 11.3 Å². The highest BCUT2D eigenvalue weighted by atomic mass is 32.1. The molecule has 0 bridgehead atoms. The molecule has 0 saturated carbocycles. The van der Waals surface area contributed by atoms with Crippen LogP contribution in [0.15, 0.2) is 48.2 Å². The van der Waals surface area contributed by atoms with Crippen molar-refractivity contribution in [1.82, 2.24) is 24.6 Å². The van der Waals surface area contributed by atoms with Crippen molar-refractivity contribution in [3.05, 3.63) is 48.2 Å². The van der Waals surface area contributed by atoms with Gasteiger partial charge in [-0.3, -0.25) is 0 Å². The fourth-order valence-corrected chi connectivity index (χ4v) is 5.04. The average molecular weight is 522 g/mol. The maximum Gasteiger partial charge on any atom is 0.435 e. The van der Waals surface area contributed by atoms with E-state index < -0.39 is 11.7 Å². The van der Waals surface area contributed by atoms with Gasteiger partial charge in [0.1, 0.15) is 17.5 Å². The molecular weight excluding hydrogens is 488 g/mol. The Morgan fingerprint density at radius 3 is 2.70 bits per heavy atom. The first-order chi connectivity index (χ1) is 18.2. The van der Waals surface area contributed by atoms with E-state index in [1.807, 2.05) is 29.6 Å². The van der Waals surface area contributed by atoms with Crippen molar-refractivity contribution in [3.8, 4) is 16.9 Å². The van der Waals surface area contributed by atoms with Crippen LogP contribution in [-0.4, -0.2) is 62.1 Å². The highest BCUT2D eigenvalue weighted by Crippen LogP contribution is 2.33. The van der Waals surface area contributed by atoms with Crippen LogP contribution < -0.4 is 10.1 Å². The Balaban J connectivity index is 1.31. The van der Waals surface area contributed by atoms with Crippen LogP contribution in [0.1, 0.15) is 41.9 Å². The Morgan fingerprint density at radius 2 is 2.00 bits per heavy atom. The van der Waals surface area contributed by atoms with Crippen LogP contribution in [0.25, 0.3) is 21.3 Å². The summed E-state index contributed by atoms with van der Waals surface area (Å²) in [4.78, 5) is 23.8. The predicted octanol–water partition coefficient (Wildman–Crippen LogP) is 5.94. The molecule has 1 aliphatic rings. The number of aromatic nitrogens is 4. The summed E-state index contributed by atoms with van der Waals surface area (Å²) in [5.74, 6) is 1.16. The van der Waals surface area contributed by atoms with E-state index in [-0.39, 0.29) is 12.3 Å². The van der Waals surface area contributed by atoms with E-state index in [1.165, 1.54) is 16.0 Å². The summed E-state index contributed by atoms with van der Waals surface area (Å²) in [5, 5.41) is 9.26. The summed E-state index contributed by atoms with van der Waals surface area (Å²) in [6.07, 6.45) is 5.09. The number of carbonyl (C=O) groups is 1. The second-order valence-electron chi connectivity index (χ2n) is 10.0. The van der Waals surface area contributed by atoms with E-state index in [0.29, 0.717) is 21.7 Å². The molecule has 0 atom stereocenters. The SMILES string of the molecule is [2H]c1nc(Nc2ccc(OC3CCN(CC)CC3)cc2)nc2c(-c3cnn(C(=O)OC(C)(C)C)c3)csc12. The van der Waals surface area contributed by atoms with Gasteiger partial charge in [-0.05, 0) is 64.4 Å². The van der Waals surface area contributed by atoms with Crippen LogP contribution in [-0.2, 0) is 4.74 Å². The number of ether oxygens (including phenoxy) is 2. The van der Waals surface area contributed by atoms with Crippen molar-refractivity contribution in [1.29, 1.82) is 0 Å². The van der Waals surface area contributed by atoms with Crippen molar-refractivity contribution in [3.63, 3.8) is 0 Å². The topological polar surface area (TPSA) is 94.4 Å². The van der Waals surface area contributed by atoms with Crippen LogP contribution in [0, 0.1) is 0 Å². The highest BCUT2D eigenvalue weighted by molar-refractivity contribution is 7.17. The largest absolute Gasteiger partial charge is 0.490 e. The summed E-state index contributed by atoms with van der Waals surface area (Å²) in [6.45, 7) is 10.8. The fourth-order valence-electron chi connectivity index (χ4n) is 4.19. The molecule has 194 valence electrons. The summed E-state index contributed by atoms with van der Waals surface area (Å²) in [5.41, 5.74) is 2.28. The zero-order valence-corrected chi connectivity index (χ0v) is 22.3. The molecule has 1 aromatic carbocycles. The monoisotopic (exact) mass is 521 g/mol. The van der Waals surface area contributed by atoms with Gasteiger partial charge in [-0.25, -0.2) is 14.8 Å². The minimum Gasteiger partial charge on any atom is -0.490 e. The Labute approximate surface area is 221 Å². The summed E-state index contributed by atoms with van der Waals surface area (Å²) in [7, 11) is 0. The second-order valence-corrected chi connectivity index (χ2v) is 10.9. The normalized spacial score (nSPS) is 15.5. The van der Waals surface area contributed by atoms with Crippen molar-refractivity contribution in [2.45, 2.75) is 52.2 Å². The third-order valence-electron chi connectivity index (χ3n) is 6.12. The van der Waals surface area contributed by atoms with Gasteiger partial charge in [0.15, 0.2) is 0 Å². The third kappa shape index (κ3) is 6.08. The third-order valence-corrected chi connectivity index (χ3v) is 6.99. The number of nitrogens with zero attached hydrogens (tertiary/aromatic N) is 5. The Morgan fingerprint density at radius 1 is 1.24 bits per heavy atom. The molecule has 1 aliphatic heterocycles. The number of hydrogen-bond donors (Lipinski definition) is 1. The van der Waals surface area contributed by atoms with E-state index >= 15 is 0 Å². The minimum absolute atomic E-state index is 0.131. The maximum atomic E-state index is 12.4. The first kappa shape index (κ1) is 23.9. The van der Waals surface area contributed by atoms with E-state index in [9.17, 15) is 4.79 Å². The lowest BCUT2D eigenvalue weighted by Gasteiger charge is -2.31. The number of thiophene rings is 1. The zero-order chi connectivity index (χ0) is 26.9. The van der Waals surface area contributed by atoms with Gasteiger partial charge >= 0.3 is 6.09 Å². The Bertz CT molecular complexity index is 1420. The summed E-state index contributed by atoms with van der Waals surface area (Å²) in [6, 6.07) is 7.73. The molecule has 4 heterocycles. The minimum atomic E-state index is -0.622. The van der Waals surface area contributed by atoms with Crippen LogP contribution >= 0.6 is 11.3 Å². The number of anilines is 2. The average Bonchev–Trinajstić information content (AvgIpc) is 3.52. The van der Waals surface area contributed by atoms with Gasteiger partial charge in [-0.1, -0.05) is 6.92 Å². The molecule has 10 heteroatoms. The first-order valence-corrected chi connectivity index (χ1v) is 13.4. The molecule has 9 nitrogen and oxygen atoms in total. The van der Waals surface area contributed by atoms with Gasteiger partial charge in [0.2, 0.25) is 5.95 Å². The number of benzene rings is 1. The Hall–Kier alpha value is -3.50. The molecule has 5 rings (SSSR count). The fraction of sp³-hybridized carbons (Fsp3) is 0.407. The first-order valence-electron chi connectivity index (χ1n) is 13.0. The van der Waals surface area contributed by atoms with Gasteiger partial charge < -0.3 is 19.7 Å². The van der Waals surface area contributed by atoms with Crippen LogP contribution in [0.2, 0.25) is 0 Å². The summed E-state index contributed by atoms with van der Waals surface area (Å²) < 4.78 is 21.8. The quantitative estimate of drug-likeness (QED) is 0.333. The van der Waals surface area contributed by atoms with Crippen LogP contribution in [0.5, 0.6) is 5.75 Å². The number of fused-ring (bicyclic) bond motifs is 1. The molecule has 1 saturated heterocycles.